The van der Waals surface area contributed by atoms with E-state index in [1.807, 2.05) is 6.92 Å². The van der Waals surface area contributed by atoms with Crippen molar-refractivity contribution < 1.29 is 19.0 Å². The number of ether oxygens (including phenoxy) is 1. The first-order valence-electron chi connectivity index (χ1n) is 11.2. The number of carbonyl (C=O) groups excluding carboxylic acids is 1. The number of aliphatic hydroxyl groups excluding tert-OH is 1. The van der Waals surface area contributed by atoms with Crippen molar-refractivity contribution in [2.75, 3.05) is 0 Å². The van der Waals surface area contributed by atoms with Gasteiger partial charge >= 0.3 is 5.97 Å². The normalized spacial score (nSPS) is 21.8. The van der Waals surface area contributed by atoms with Crippen LogP contribution in [0, 0.1) is 12.7 Å². The molecule has 0 spiro atoms. The Kier molecular flexibility index (Phi) is 4.93. The Labute approximate surface area is 185 Å². The molecule has 1 aromatic heterocycles. The van der Waals surface area contributed by atoms with E-state index in [-0.39, 0.29) is 18.0 Å². The van der Waals surface area contributed by atoms with Gasteiger partial charge in [-0.15, -0.1) is 0 Å². The summed E-state index contributed by atoms with van der Waals surface area (Å²) in [4.78, 5) is 25.0. The monoisotopic (exact) mass is 435 g/mol. The number of cyclic esters (lactones) is 1. The molecule has 3 heterocycles. The van der Waals surface area contributed by atoms with Gasteiger partial charge in [-0.2, -0.15) is 0 Å². The van der Waals surface area contributed by atoms with Crippen molar-refractivity contribution in [2.24, 2.45) is 0 Å². The second-order valence-corrected chi connectivity index (χ2v) is 8.90. The number of hydrogen-bond acceptors (Lipinski definition) is 4. The zero-order chi connectivity index (χ0) is 22.7. The summed E-state index contributed by atoms with van der Waals surface area (Å²) in [7, 11) is 0. The summed E-state index contributed by atoms with van der Waals surface area (Å²) < 4.78 is 21.3. The number of pyridine rings is 1. The molecule has 0 fully saturated rings. The Morgan fingerprint density at radius 3 is 2.75 bits per heavy atom. The summed E-state index contributed by atoms with van der Waals surface area (Å²) in [6.45, 7) is 8.45. The number of esters is 1. The lowest BCUT2D eigenvalue weighted by Gasteiger charge is -2.26. The van der Waals surface area contributed by atoms with Crippen molar-refractivity contribution in [3.05, 3.63) is 79.5 Å². The third kappa shape index (κ3) is 2.93. The fourth-order valence-electron chi connectivity index (χ4n) is 5.42. The zero-order valence-corrected chi connectivity index (χ0v) is 18.4. The van der Waals surface area contributed by atoms with E-state index in [0.29, 0.717) is 28.9 Å². The summed E-state index contributed by atoms with van der Waals surface area (Å²) in [5.74, 6) is -0.901. The lowest BCUT2D eigenvalue weighted by molar-refractivity contribution is -0.157. The first-order chi connectivity index (χ1) is 15.3. The second-order valence-electron chi connectivity index (χ2n) is 8.90. The molecule has 1 aromatic carbocycles. The van der Waals surface area contributed by atoms with Crippen molar-refractivity contribution in [1.82, 2.24) is 4.57 Å². The van der Waals surface area contributed by atoms with Crippen LogP contribution in [0.15, 0.2) is 29.1 Å². The average molecular weight is 435 g/mol. The van der Waals surface area contributed by atoms with Gasteiger partial charge in [-0.25, -0.2) is 9.18 Å². The molecule has 0 amide bonds. The highest BCUT2D eigenvalue weighted by Gasteiger charge is 2.35. The van der Waals surface area contributed by atoms with Crippen LogP contribution in [0.4, 0.5) is 4.39 Å². The zero-order valence-electron chi connectivity index (χ0n) is 18.4. The number of aromatic nitrogens is 1. The van der Waals surface area contributed by atoms with Crippen LogP contribution in [0.5, 0.6) is 0 Å². The lowest BCUT2D eigenvalue weighted by atomic mass is 9.78. The lowest BCUT2D eigenvalue weighted by Crippen LogP contribution is -2.32. The summed E-state index contributed by atoms with van der Waals surface area (Å²) >= 11 is 0. The Bertz CT molecular complexity index is 1280. The molecule has 1 aliphatic carbocycles. The molecular weight excluding hydrogens is 409 g/mol. The number of carbonyl (C=O) groups is 1. The van der Waals surface area contributed by atoms with Gasteiger partial charge in [-0.05, 0) is 83.7 Å². The minimum atomic E-state index is -1.46. The van der Waals surface area contributed by atoms with Crippen molar-refractivity contribution in [2.45, 2.75) is 65.2 Å². The number of aliphatic hydroxyl groups is 1. The third-order valence-corrected chi connectivity index (χ3v) is 7.07. The van der Waals surface area contributed by atoms with Gasteiger partial charge in [-0.1, -0.05) is 19.9 Å². The van der Waals surface area contributed by atoms with E-state index in [9.17, 15) is 19.1 Å². The van der Waals surface area contributed by atoms with Crippen molar-refractivity contribution >= 4 is 17.1 Å². The van der Waals surface area contributed by atoms with Gasteiger partial charge in [0.2, 0.25) is 0 Å². The SMILES string of the molecule is C=C1/C(=C2/CCCc3c(C)c(F)cc(CCC)c32)Cn2c1cc1c(c2=O)COC(=O)C1O. The highest BCUT2D eigenvalue weighted by molar-refractivity contribution is 5.92. The van der Waals surface area contributed by atoms with Crippen molar-refractivity contribution in [1.29, 1.82) is 0 Å². The topological polar surface area (TPSA) is 68.5 Å². The van der Waals surface area contributed by atoms with Gasteiger partial charge in [0, 0.05) is 5.56 Å². The fourth-order valence-corrected chi connectivity index (χ4v) is 5.42. The number of halogens is 1. The predicted molar refractivity (Wildman–Crippen MR) is 119 cm³/mol. The van der Waals surface area contributed by atoms with Crippen LogP contribution in [0.25, 0.3) is 11.1 Å². The molecule has 5 rings (SSSR count). The van der Waals surface area contributed by atoms with E-state index in [1.54, 1.807) is 16.7 Å². The summed E-state index contributed by atoms with van der Waals surface area (Å²) in [5.41, 5.74) is 7.71. The summed E-state index contributed by atoms with van der Waals surface area (Å²) in [6.07, 6.45) is 2.84. The van der Waals surface area contributed by atoms with E-state index < -0.39 is 12.1 Å². The molecule has 3 aliphatic rings. The maximum absolute atomic E-state index is 14.6. The van der Waals surface area contributed by atoms with Crippen LogP contribution >= 0.6 is 0 Å². The Balaban J connectivity index is 1.71. The van der Waals surface area contributed by atoms with E-state index in [4.69, 9.17) is 4.74 Å². The predicted octanol–water partition coefficient (Wildman–Crippen LogP) is 4.16. The first kappa shape index (κ1) is 20.9. The minimum absolute atomic E-state index is 0.134. The van der Waals surface area contributed by atoms with Crippen LogP contribution in [0.2, 0.25) is 0 Å². The van der Waals surface area contributed by atoms with Gasteiger partial charge < -0.3 is 14.4 Å². The van der Waals surface area contributed by atoms with Gasteiger partial charge in [0.15, 0.2) is 6.10 Å². The second kappa shape index (κ2) is 7.55. The molecule has 1 atom stereocenters. The maximum atomic E-state index is 14.6. The molecule has 32 heavy (non-hydrogen) atoms. The van der Waals surface area contributed by atoms with Gasteiger partial charge in [-0.3, -0.25) is 4.79 Å². The summed E-state index contributed by atoms with van der Waals surface area (Å²) in [5, 5.41) is 10.3. The van der Waals surface area contributed by atoms with E-state index in [0.717, 1.165) is 65.5 Å². The highest BCUT2D eigenvalue weighted by Crippen LogP contribution is 2.44. The molecular formula is C26H26FNO4. The maximum Gasteiger partial charge on any atom is 0.340 e. The van der Waals surface area contributed by atoms with E-state index in [2.05, 4.69) is 13.5 Å². The molecule has 2 aromatic rings. The largest absolute Gasteiger partial charge is 0.458 e. The van der Waals surface area contributed by atoms with Gasteiger partial charge in [0.05, 0.1) is 17.8 Å². The molecule has 0 saturated heterocycles. The van der Waals surface area contributed by atoms with Crippen LogP contribution < -0.4 is 5.56 Å². The highest BCUT2D eigenvalue weighted by atomic mass is 19.1. The van der Waals surface area contributed by atoms with Gasteiger partial charge in [0.1, 0.15) is 12.4 Å². The quantitative estimate of drug-likeness (QED) is 0.720. The molecule has 0 bridgehead atoms. The Morgan fingerprint density at radius 2 is 2.00 bits per heavy atom. The molecule has 5 nitrogen and oxygen atoms in total. The molecule has 2 aliphatic heterocycles. The van der Waals surface area contributed by atoms with Crippen LogP contribution in [0.1, 0.15) is 71.4 Å². The number of hydrogen-bond donors (Lipinski definition) is 1. The van der Waals surface area contributed by atoms with Crippen LogP contribution in [-0.2, 0) is 35.5 Å². The molecule has 1 N–H and O–H groups in total. The molecule has 1 unspecified atom stereocenters. The van der Waals surface area contributed by atoms with E-state index >= 15 is 0 Å². The number of nitrogens with zero attached hydrogens (tertiary/aromatic N) is 1. The number of aryl methyl sites for hydroxylation is 1. The molecule has 0 radical (unpaired) electrons. The van der Waals surface area contributed by atoms with Crippen molar-refractivity contribution in [3.8, 4) is 0 Å². The average Bonchev–Trinajstić information content (AvgIpc) is 3.11. The Morgan fingerprint density at radius 1 is 1.22 bits per heavy atom. The minimum Gasteiger partial charge on any atom is -0.458 e. The third-order valence-electron chi connectivity index (χ3n) is 7.07. The number of benzene rings is 1. The molecule has 6 heteroatoms. The van der Waals surface area contributed by atoms with Crippen LogP contribution in [0.3, 0.4) is 0 Å². The standard InChI is InChI=1S/C26H26FNO4/c1-4-6-15-9-21(27)13(2)16-7-5-8-17(23(15)16)19-11-28-22(14(19)3)10-18-20(25(28)30)12-32-26(31)24(18)29/h9-10,24,29H,3-8,11-12H2,1-2H3/b19-17-. The summed E-state index contributed by atoms with van der Waals surface area (Å²) in [6, 6.07) is 3.36. The molecule has 166 valence electrons. The first-order valence-corrected chi connectivity index (χ1v) is 11.2. The Hall–Kier alpha value is -2.99. The number of rotatable bonds is 2. The number of fused-ring (bicyclic) bond motifs is 3. The van der Waals surface area contributed by atoms with Gasteiger partial charge in [0.25, 0.3) is 5.56 Å². The van der Waals surface area contributed by atoms with Crippen molar-refractivity contribution in [3.63, 3.8) is 0 Å². The molecule has 0 saturated carbocycles. The van der Waals surface area contributed by atoms with Crippen LogP contribution in [-0.4, -0.2) is 15.6 Å². The smallest absolute Gasteiger partial charge is 0.340 e. The van der Waals surface area contributed by atoms with E-state index in [1.165, 1.54) is 0 Å². The fraction of sp³-hybridized carbons (Fsp3) is 0.385. The number of allylic oxidation sites excluding steroid dienone is 3.